The zero-order valence-electron chi connectivity index (χ0n) is 12.8. The van der Waals surface area contributed by atoms with Crippen LogP contribution in [-0.4, -0.2) is 35.6 Å². The third kappa shape index (κ3) is 5.65. The fourth-order valence-corrected chi connectivity index (χ4v) is 2.40. The van der Waals surface area contributed by atoms with Gasteiger partial charge in [-0.2, -0.15) is 0 Å². The lowest BCUT2D eigenvalue weighted by atomic mass is 10.1. The standard InChI is InChI=1S/C15H23N3OS/c1-15(2,3)17-14(16)20-10-11-7-6-8-12(9-11)13(19)18(4)5/h6-9H,10H2,1-5H3,(H2,16,17). The van der Waals surface area contributed by atoms with Gasteiger partial charge in [0.25, 0.3) is 5.91 Å². The molecule has 0 aliphatic rings. The van der Waals surface area contributed by atoms with E-state index >= 15 is 0 Å². The minimum atomic E-state index is -0.167. The Balaban J connectivity index is 2.73. The van der Waals surface area contributed by atoms with Crippen LogP contribution in [0.5, 0.6) is 0 Å². The minimum absolute atomic E-state index is 0.00757. The Morgan fingerprint density at radius 3 is 2.55 bits per heavy atom. The first-order valence-corrected chi connectivity index (χ1v) is 7.46. The smallest absolute Gasteiger partial charge is 0.253 e. The Morgan fingerprint density at radius 1 is 1.35 bits per heavy atom. The van der Waals surface area contributed by atoms with E-state index in [0.29, 0.717) is 16.5 Å². The summed E-state index contributed by atoms with van der Waals surface area (Å²) < 4.78 is 0. The van der Waals surface area contributed by atoms with Crippen LogP contribution in [0.25, 0.3) is 0 Å². The summed E-state index contributed by atoms with van der Waals surface area (Å²) in [6, 6.07) is 7.61. The maximum Gasteiger partial charge on any atom is 0.253 e. The molecular formula is C15H23N3OS. The number of carbonyl (C=O) groups excluding carboxylic acids is 1. The molecule has 0 aliphatic carbocycles. The molecule has 1 rings (SSSR count). The van der Waals surface area contributed by atoms with Gasteiger partial charge in [0.15, 0.2) is 5.17 Å². The van der Waals surface area contributed by atoms with Gasteiger partial charge in [0.1, 0.15) is 0 Å². The lowest BCUT2D eigenvalue weighted by Gasteiger charge is -2.13. The van der Waals surface area contributed by atoms with Crippen molar-refractivity contribution < 1.29 is 4.79 Å². The number of nitrogens with zero attached hydrogens (tertiary/aromatic N) is 2. The maximum absolute atomic E-state index is 11.9. The predicted octanol–water partition coefficient (Wildman–Crippen LogP) is 2.73. The fourth-order valence-electron chi connectivity index (χ4n) is 1.57. The number of carbonyl (C=O) groups is 1. The van der Waals surface area contributed by atoms with Crippen LogP contribution in [0.2, 0.25) is 0 Å². The van der Waals surface area contributed by atoms with Crippen molar-refractivity contribution in [2.75, 3.05) is 14.1 Å². The molecule has 0 radical (unpaired) electrons. The van der Waals surface area contributed by atoms with Crippen LogP contribution in [0.3, 0.4) is 0 Å². The second kappa shape index (κ2) is 6.79. The number of amidine groups is 1. The van der Waals surface area contributed by atoms with Gasteiger partial charge in [0.2, 0.25) is 0 Å². The van der Waals surface area contributed by atoms with Crippen molar-refractivity contribution in [1.29, 1.82) is 0 Å². The molecule has 0 aromatic heterocycles. The summed E-state index contributed by atoms with van der Waals surface area (Å²) in [6.45, 7) is 6.03. The molecule has 0 bridgehead atoms. The first-order valence-electron chi connectivity index (χ1n) is 6.48. The second-order valence-electron chi connectivity index (χ2n) is 5.81. The van der Waals surface area contributed by atoms with E-state index in [1.807, 2.05) is 45.0 Å². The monoisotopic (exact) mass is 293 g/mol. The largest absolute Gasteiger partial charge is 0.379 e. The highest BCUT2D eigenvalue weighted by Crippen LogP contribution is 2.17. The molecule has 0 fully saturated rings. The lowest BCUT2D eigenvalue weighted by Crippen LogP contribution is -2.21. The normalized spacial score (nSPS) is 12.3. The molecule has 0 heterocycles. The molecule has 0 atom stereocenters. The van der Waals surface area contributed by atoms with Crippen LogP contribution in [0.1, 0.15) is 36.7 Å². The van der Waals surface area contributed by atoms with Gasteiger partial charge < -0.3 is 10.6 Å². The molecule has 20 heavy (non-hydrogen) atoms. The average molecular weight is 293 g/mol. The van der Waals surface area contributed by atoms with Crippen LogP contribution in [-0.2, 0) is 5.75 Å². The third-order valence-corrected chi connectivity index (χ3v) is 3.28. The van der Waals surface area contributed by atoms with Gasteiger partial charge in [0.05, 0.1) is 5.54 Å². The van der Waals surface area contributed by atoms with Crippen LogP contribution >= 0.6 is 11.8 Å². The van der Waals surface area contributed by atoms with Gasteiger partial charge in [-0.15, -0.1) is 0 Å². The molecule has 0 aliphatic heterocycles. The molecule has 2 N–H and O–H groups in total. The third-order valence-electron chi connectivity index (χ3n) is 2.41. The first-order chi connectivity index (χ1) is 9.19. The van der Waals surface area contributed by atoms with Gasteiger partial charge in [-0.25, -0.2) is 0 Å². The first kappa shape index (κ1) is 16.6. The topological polar surface area (TPSA) is 58.7 Å². The summed E-state index contributed by atoms with van der Waals surface area (Å²) in [4.78, 5) is 17.9. The van der Waals surface area contributed by atoms with Crippen molar-refractivity contribution in [3.8, 4) is 0 Å². The zero-order valence-corrected chi connectivity index (χ0v) is 13.6. The number of hydrogen-bond donors (Lipinski definition) is 1. The van der Waals surface area contributed by atoms with E-state index in [-0.39, 0.29) is 11.4 Å². The van der Waals surface area contributed by atoms with Gasteiger partial charge in [0, 0.05) is 25.4 Å². The molecule has 110 valence electrons. The summed E-state index contributed by atoms with van der Waals surface area (Å²) >= 11 is 1.49. The summed E-state index contributed by atoms with van der Waals surface area (Å²) in [5.41, 5.74) is 7.48. The Morgan fingerprint density at radius 2 is 2.00 bits per heavy atom. The van der Waals surface area contributed by atoms with E-state index in [1.54, 1.807) is 19.0 Å². The van der Waals surface area contributed by atoms with Crippen LogP contribution in [0.15, 0.2) is 29.3 Å². The summed E-state index contributed by atoms with van der Waals surface area (Å²) in [5, 5.41) is 0.571. The summed E-state index contributed by atoms with van der Waals surface area (Å²) in [6.07, 6.45) is 0. The quantitative estimate of drug-likeness (QED) is 0.688. The molecule has 1 aromatic rings. The van der Waals surface area contributed by atoms with Crippen LogP contribution < -0.4 is 5.73 Å². The van der Waals surface area contributed by atoms with E-state index < -0.39 is 0 Å². The molecule has 0 saturated heterocycles. The van der Waals surface area contributed by atoms with Gasteiger partial charge in [-0.05, 0) is 38.5 Å². The Hall–Kier alpha value is -1.49. The van der Waals surface area contributed by atoms with Crippen LogP contribution in [0.4, 0.5) is 0 Å². The number of amides is 1. The Labute approximate surface area is 125 Å². The highest BCUT2D eigenvalue weighted by Gasteiger charge is 2.10. The van der Waals surface area contributed by atoms with E-state index in [4.69, 9.17) is 5.73 Å². The summed E-state index contributed by atoms with van der Waals surface area (Å²) in [5.74, 6) is 0.716. The molecule has 4 nitrogen and oxygen atoms in total. The molecule has 0 unspecified atom stereocenters. The Kier molecular flexibility index (Phi) is 5.62. The molecule has 0 saturated carbocycles. The number of benzene rings is 1. The number of nitrogens with two attached hydrogens (primary N) is 1. The van der Waals surface area contributed by atoms with E-state index in [0.717, 1.165) is 5.56 Å². The van der Waals surface area contributed by atoms with Crippen molar-refractivity contribution in [2.24, 2.45) is 10.7 Å². The highest BCUT2D eigenvalue weighted by atomic mass is 32.2. The number of hydrogen-bond acceptors (Lipinski definition) is 3. The van der Waals surface area contributed by atoms with Crippen molar-refractivity contribution in [1.82, 2.24) is 4.90 Å². The van der Waals surface area contributed by atoms with Crippen molar-refractivity contribution in [3.63, 3.8) is 0 Å². The fraction of sp³-hybridized carbons (Fsp3) is 0.467. The average Bonchev–Trinajstić information content (AvgIpc) is 2.33. The zero-order chi connectivity index (χ0) is 15.3. The van der Waals surface area contributed by atoms with Crippen molar-refractivity contribution in [2.45, 2.75) is 32.1 Å². The highest BCUT2D eigenvalue weighted by molar-refractivity contribution is 8.13. The van der Waals surface area contributed by atoms with Crippen molar-refractivity contribution >= 4 is 22.8 Å². The number of rotatable bonds is 3. The molecule has 5 heteroatoms. The predicted molar refractivity (Wildman–Crippen MR) is 87.1 cm³/mol. The molecular weight excluding hydrogens is 270 g/mol. The number of aliphatic imine (C=N–C) groups is 1. The minimum Gasteiger partial charge on any atom is -0.379 e. The van der Waals surface area contributed by atoms with Gasteiger partial charge in [-0.3, -0.25) is 9.79 Å². The van der Waals surface area contributed by atoms with E-state index in [1.165, 1.54) is 11.8 Å². The van der Waals surface area contributed by atoms with Gasteiger partial charge >= 0.3 is 0 Å². The van der Waals surface area contributed by atoms with Gasteiger partial charge in [-0.1, -0.05) is 23.9 Å². The van der Waals surface area contributed by atoms with Crippen molar-refractivity contribution in [3.05, 3.63) is 35.4 Å². The maximum atomic E-state index is 11.9. The number of thioether (sulfide) groups is 1. The van der Waals surface area contributed by atoms with E-state index in [9.17, 15) is 4.79 Å². The Bertz CT molecular complexity index is 504. The lowest BCUT2D eigenvalue weighted by molar-refractivity contribution is 0.0827. The second-order valence-corrected chi connectivity index (χ2v) is 6.81. The SMILES string of the molecule is CN(C)C(=O)c1cccc(CSC(N)=NC(C)(C)C)c1. The molecule has 1 amide bonds. The molecule has 0 spiro atoms. The van der Waals surface area contributed by atoms with E-state index in [2.05, 4.69) is 4.99 Å². The molecule has 1 aromatic carbocycles. The van der Waals surface area contributed by atoms with Crippen LogP contribution in [0, 0.1) is 0 Å². The summed E-state index contributed by atoms with van der Waals surface area (Å²) in [7, 11) is 3.50.